The summed E-state index contributed by atoms with van der Waals surface area (Å²) in [6.07, 6.45) is -31.6. The van der Waals surface area contributed by atoms with Gasteiger partial charge >= 0.3 is 5.97 Å². The minimum atomic E-state index is -2.36. The van der Waals surface area contributed by atoms with Crippen molar-refractivity contribution in [2.75, 3.05) is 40.5 Å². The van der Waals surface area contributed by atoms with Gasteiger partial charge in [0, 0.05) is 0 Å². The highest BCUT2D eigenvalue weighted by atomic mass is 16.8. The number of carboxylic acid groups (broad SMARTS) is 1. The molecule has 25 heteroatoms. The number of carbonyl (C=O) groups is 1. The van der Waals surface area contributed by atoms with Gasteiger partial charge in [-0.05, 0) is 21.0 Å². The van der Waals surface area contributed by atoms with E-state index in [0.717, 1.165) is 0 Å². The number of likely N-dealkylation sites (N-methyl/N-ethyl adjacent to an activating group) is 1. The first-order valence-corrected chi connectivity index (χ1v) is 16.6. The van der Waals surface area contributed by atoms with Gasteiger partial charge in [-0.25, -0.2) is 0 Å². The molecule has 320 valence electrons. The number of carboxylic acids is 1. The number of nitrogens with zero attached hydrogens (tertiary/aromatic N) is 1. The molecule has 18 N–H and O–H groups in total. The van der Waals surface area contributed by atoms with Gasteiger partial charge in [0.1, 0.15) is 116 Å². The molecule has 25 nitrogen and oxygen atoms in total. The standard InChI is InChI=1S/C18H32O16.C6H12O6.C5H11NO2/c19-1-5-8(22)11(25)13(27)16(31-5)30-3-7-9(23)12(26)14(28)17(32-7)34-18(4-21)15(29)10(24)6(2-20)33-18;7-1-2(8)4(10)6(12)5(11)3(1)9;1-4(5(7)8)6(2)3/h5-17,19-29H,1-4H2;1-12H;4H,1-3H3,(H,7,8)/t5-,6-,7-,8+,9-,10-,11+,12+,13-,14-,15+,16+,17-,18+;1-,2-,3-,4+,5-,6-;/m1../s1. The summed E-state index contributed by atoms with van der Waals surface area (Å²) in [6, 6.07) is -0.380. The zero-order valence-corrected chi connectivity index (χ0v) is 29.3. The molecule has 1 unspecified atom stereocenters. The first-order chi connectivity index (χ1) is 25.0. The van der Waals surface area contributed by atoms with Crippen LogP contribution in [0.1, 0.15) is 6.92 Å². The lowest BCUT2D eigenvalue weighted by Crippen LogP contribution is -2.63. The van der Waals surface area contributed by atoms with Crippen molar-refractivity contribution in [2.45, 2.75) is 135 Å². The Hall–Kier alpha value is -1.45. The molecule has 54 heavy (non-hydrogen) atoms. The lowest BCUT2D eigenvalue weighted by molar-refractivity contribution is -0.388. The monoisotopic (exact) mass is 801 g/mol. The molecule has 4 fully saturated rings. The molecule has 3 saturated heterocycles. The largest absolute Gasteiger partial charge is 0.480 e. The van der Waals surface area contributed by atoms with Crippen molar-refractivity contribution >= 4 is 5.97 Å². The third kappa shape index (κ3) is 10.9. The van der Waals surface area contributed by atoms with Gasteiger partial charge in [-0.1, -0.05) is 0 Å². The normalized spacial score (nSPS) is 47.2. The molecule has 1 saturated carbocycles. The number of aliphatic carboxylic acids is 1. The van der Waals surface area contributed by atoms with Crippen molar-refractivity contribution < 1.29 is 120 Å². The molecule has 1 aliphatic carbocycles. The maximum Gasteiger partial charge on any atom is 0.320 e. The quantitative estimate of drug-likeness (QED) is 0.0975. The van der Waals surface area contributed by atoms with Crippen LogP contribution in [-0.4, -0.2) is 271 Å². The Morgan fingerprint density at radius 2 is 0.981 bits per heavy atom. The summed E-state index contributed by atoms with van der Waals surface area (Å²) in [6.45, 7) is -1.50. The van der Waals surface area contributed by atoms with E-state index in [9.17, 15) is 61.0 Å². The fourth-order valence-electron chi connectivity index (χ4n) is 5.45. The van der Waals surface area contributed by atoms with Gasteiger partial charge in [0.15, 0.2) is 12.6 Å². The highest BCUT2D eigenvalue weighted by Gasteiger charge is 2.58. The Kier molecular flexibility index (Phi) is 18.8. The van der Waals surface area contributed by atoms with Crippen molar-refractivity contribution in [1.29, 1.82) is 0 Å². The van der Waals surface area contributed by atoms with E-state index in [-0.39, 0.29) is 6.04 Å². The summed E-state index contributed by atoms with van der Waals surface area (Å²) in [5, 5.41) is 171. The topological polar surface area (TPSA) is 431 Å². The van der Waals surface area contributed by atoms with E-state index in [1.165, 1.54) is 0 Å². The summed E-state index contributed by atoms with van der Waals surface area (Å²) in [4.78, 5) is 11.7. The van der Waals surface area contributed by atoms with Crippen LogP contribution < -0.4 is 0 Å². The van der Waals surface area contributed by atoms with Crippen LogP contribution in [0.25, 0.3) is 0 Å². The van der Waals surface area contributed by atoms with Crippen molar-refractivity contribution in [3.63, 3.8) is 0 Å². The average molecular weight is 802 g/mol. The van der Waals surface area contributed by atoms with E-state index in [0.29, 0.717) is 0 Å². The van der Waals surface area contributed by atoms with Crippen LogP contribution in [-0.2, 0) is 28.5 Å². The van der Waals surface area contributed by atoms with Crippen molar-refractivity contribution in [3.05, 3.63) is 0 Å². The smallest absolute Gasteiger partial charge is 0.320 e. The molecular formula is C29H55NO24. The van der Waals surface area contributed by atoms with E-state index in [2.05, 4.69) is 0 Å². The number of hydrogen-bond acceptors (Lipinski definition) is 24. The zero-order chi connectivity index (χ0) is 41.6. The van der Waals surface area contributed by atoms with Crippen molar-refractivity contribution in [3.8, 4) is 0 Å². The molecule has 0 amide bonds. The Morgan fingerprint density at radius 1 is 0.593 bits per heavy atom. The molecule has 3 heterocycles. The van der Waals surface area contributed by atoms with Crippen LogP contribution in [0, 0.1) is 0 Å². The van der Waals surface area contributed by atoms with Crippen LogP contribution in [0.5, 0.6) is 0 Å². The molecule has 0 aromatic heterocycles. The summed E-state index contributed by atoms with van der Waals surface area (Å²) in [7, 11) is 3.47. The van der Waals surface area contributed by atoms with Gasteiger partial charge in [0.2, 0.25) is 5.79 Å². The molecular weight excluding hydrogens is 746 g/mol. The third-order valence-corrected chi connectivity index (χ3v) is 9.40. The number of aliphatic hydroxyl groups is 17. The first kappa shape index (κ1) is 48.7. The van der Waals surface area contributed by atoms with Gasteiger partial charge in [0.05, 0.1) is 19.8 Å². The van der Waals surface area contributed by atoms with Crippen LogP contribution in [0.4, 0.5) is 0 Å². The fourth-order valence-corrected chi connectivity index (χ4v) is 5.45. The first-order valence-electron chi connectivity index (χ1n) is 16.6. The van der Waals surface area contributed by atoms with Crippen LogP contribution in [0.3, 0.4) is 0 Å². The number of rotatable bonds is 10. The molecule has 0 aromatic rings. The Bertz CT molecular complexity index is 1070. The van der Waals surface area contributed by atoms with Crippen molar-refractivity contribution in [2.24, 2.45) is 0 Å². The van der Waals surface area contributed by atoms with Gasteiger partial charge in [-0.15, -0.1) is 0 Å². The molecule has 3 aliphatic heterocycles. The van der Waals surface area contributed by atoms with E-state index in [1.807, 2.05) is 0 Å². The molecule has 0 aromatic carbocycles. The third-order valence-electron chi connectivity index (χ3n) is 9.40. The number of ether oxygens (including phenoxy) is 5. The Labute approximate surface area is 307 Å². The highest BCUT2D eigenvalue weighted by Crippen LogP contribution is 2.36. The molecule has 0 spiro atoms. The molecule has 15 atom stereocenters. The second-order valence-corrected chi connectivity index (χ2v) is 13.3. The van der Waals surface area contributed by atoms with Gasteiger partial charge in [0.25, 0.3) is 0 Å². The number of hydrogen-bond donors (Lipinski definition) is 18. The second kappa shape index (κ2) is 20.8. The lowest BCUT2D eigenvalue weighted by Gasteiger charge is -2.44. The molecule has 4 rings (SSSR count). The second-order valence-electron chi connectivity index (χ2n) is 13.3. The van der Waals surface area contributed by atoms with Crippen LogP contribution >= 0.6 is 0 Å². The Balaban J connectivity index is 0.000000410. The van der Waals surface area contributed by atoms with Crippen LogP contribution in [0.2, 0.25) is 0 Å². The van der Waals surface area contributed by atoms with E-state index < -0.39 is 155 Å². The van der Waals surface area contributed by atoms with E-state index >= 15 is 0 Å². The predicted molar refractivity (Wildman–Crippen MR) is 168 cm³/mol. The molecule has 4 aliphatic rings. The minimum Gasteiger partial charge on any atom is -0.480 e. The van der Waals surface area contributed by atoms with Gasteiger partial charge in [-0.2, -0.15) is 0 Å². The van der Waals surface area contributed by atoms with Crippen LogP contribution in [0.15, 0.2) is 0 Å². The SMILES string of the molecule is CC(C(=O)O)N(C)C.OC[C@H]1O[C@H](OC[C@H]2O[C@H](O[C@]3(CO)O[C@H](CO)[C@@H](O)[C@@H]3O)[C@H](O)[C@@H](O)[C@@H]2O)[C@H](O)[C@@H](O)[C@H]1O.O[C@H]1[C@H](O)[C@@H](O)[C@H](O)[C@@H](O)[C@H]1O. The number of aliphatic hydroxyl groups excluding tert-OH is 17. The maximum absolute atomic E-state index is 10.3. The fraction of sp³-hybridized carbons (Fsp3) is 0.966. The average Bonchev–Trinajstić information content (AvgIpc) is 3.39. The summed E-state index contributed by atoms with van der Waals surface area (Å²) in [5.41, 5.74) is 0. The molecule has 0 radical (unpaired) electrons. The van der Waals surface area contributed by atoms with Crippen molar-refractivity contribution in [1.82, 2.24) is 4.90 Å². The zero-order valence-electron chi connectivity index (χ0n) is 29.3. The van der Waals surface area contributed by atoms with Gasteiger partial charge < -0.3 is 116 Å². The predicted octanol–water partition coefficient (Wildman–Crippen LogP) is -11.4. The summed E-state index contributed by atoms with van der Waals surface area (Å²) < 4.78 is 26.4. The maximum atomic E-state index is 10.3. The summed E-state index contributed by atoms with van der Waals surface area (Å²) >= 11 is 0. The van der Waals surface area contributed by atoms with Gasteiger partial charge in [-0.3, -0.25) is 9.69 Å². The van der Waals surface area contributed by atoms with E-state index in [4.69, 9.17) is 59.4 Å². The van der Waals surface area contributed by atoms with E-state index in [1.54, 1.807) is 25.9 Å². The Morgan fingerprint density at radius 3 is 1.33 bits per heavy atom. The lowest BCUT2D eigenvalue weighted by atomic mass is 9.85. The summed E-state index contributed by atoms with van der Waals surface area (Å²) in [5.74, 6) is -3.14. The minimum absolute atomic E-state index is 0.380. The molecule has 0 bridgehead atoms. The highest BCUT2D eigenvalue weighted by molar-refractivity contribution is 5.72.